The van der Waals surface area contributed by atoms with E-state index in [0.717, 1.165) is 30.9 Å². The number of amides is 2. The Bertz CT molecular complexity index is 313. The van der Waals surface area contributed by atoms with E-state index in [2.05, 4.69) is 29.4 Å². The maximum Gasteiger partial charge on any atom is 0.315 e. The van der Waals surface area contributed by atoms with Gasteiger partial charge in [0.1, 0.15) is 0 Å². The van der Waals surface area contributed by atoms with Gasteiger partial charge in [-0.3, -0.25) is 4.90 Å². The molecule has 0 aromatic carbocycles. The van der Waals surface area contributed by atoms with Gasteiger partial charge in [-0.1, -0.05) is 13.3 Å². The lowest BCUT2D eigenvalue weighted by Gasteiger charge is -2.32. The Morgan fingerprint density at radius 3 is 3.00 bits per heavy atom. The van der Waals surface area contributed by atoms with E-state index in [0.29, 0.717) is 12.1 Å². The molecule has 2 amide bonds. The molecule has 0 aromatic rings. The normalized spacial score (nSPS) is 27.9. The topological polar surface area (TPSA) is 44.4 Å². The lowest BCUT2D eigenvalue weighted by molar-refractivity contribution is 0.178. The van der Waals surface area contributed by atoms with E-state index in [1.807, 2.05) is 11.8 Å². The molecule has 0 bridgehead atoms. The van der Waals surface area contributed by atoms with E-state index in [1.165, 1.54) is 25.8 Å². The first-order valence-electron chi connectivity index (χ1n) is 8.09. The van der Waals surface area contributed by atoms with Gasteiger partial charge >= 0.3 is 6.03 Å². The van der Waals surface area contributed by atoms with Crippen LogP contribution in [0.1, 0.15) is 46.0 Å². The molecule has 2 fully saturated rings. The lowest BCUT2D eigenvalue weighted by Crippen LogP contribution is -2.51. The number of nitrogens with zero attached hydrogens (tertiary/aromatic N) is 1. The molecule has 2 saturated heterocycles. The van der Waals surface area contributed by atoms with Gasteiger partial charge in [0.15, 0.2) is 0 Å². The van der Waals surface area contributed by atoms with Crippen molar-refractivity contribution in [2.24, 2.45) is 0 Å². The molecule has 4 nitrogen and oxygen atoms in total. The summed E-state index contributed by atoms with van der Waals surface area (Å²) in [4.78, 5) is 14.6. The lowest BCUT2D eigenvalue weighted by atomic mass is 9.99. The van der Waals surface area contributed by atoms with Crippen molar-refractivity contribution in [1.29, 1.82) is 0 Å². The number of hydrogen-bond donors (Lipinski definition) is 2. The minimum absolute atomic E-state index is 0.0245. The van der Waals surface area contributed by atoms with Crippen molar-refractivity contribution in [1.82, 2.24) is 15.5 Å². The fourth-order valence-corrected chi connectivity index (χ4v) is 4.14. The van der Waals surface area contributed by atoms with Gasteiger partial charge in [0.25, 0.3) is 0 Å². The van der Waals surface area contributed by atoms with Gasteiger partial charge in [-0.15, -0.1) is 0 Å². The van der Waals surface area contributed by atoms with Crippen LogP contribution in [0.25, 0.3) is 0 Å². The number of urea groups is 1. The fourth-order valence-electron chi connectivity index (χ4n) is 3.33. The Hall–Kier alpha value is -0.420. The van der Waals surface area contributed by atoms with E-state index in [-0.39, 0.29) is 12.1 Å². The largest absolute Gasteiger partial charge is 0.336 e. The number of nitrogens with one attached hydrogen (secondary N) is 2. The zero-order valence-electron chi connectivity index (χ0n) is 12.9. The molecule has 116 valence electrons. The first-order valence-corrected chi connectivity index (χ1v) is 9.25. The fraction of sp³-hybridized carbons (Fsp3) is 0.933. The predicted molar refractivity (Wildman–Crippen MR) is 86.4 cm³/mol. The number of hydrogen-bond acceptors (Lipinski definition) is 3. The van der Waals surface area contributed by atoms with Crippen LogP contribution >= 0.6 is 11.8 Å². The Morgan fingerprint density at radius 1 is 1.35 bits per heavy atom. The van der Waals surface area contributed by atoms with Crippen LogP contribution in [0, 0.1) is 0 Å². The molecular weight excluding hydrogens is 270 g/mol. The molecule has 0 radical (unpaired) electrons. The number of carbonyl (C=O) groups is 1. The van der Waals surface area contributed by atoms with Crippen molar-refractivity contribution >= 4 is 17.8 Å². The summed E-state index contributed by atoms with van der Waals surface area (Å²) in [6.07, 6.45) is 6.03. The summed E-state index contributed by atoms with van der Waals surface area (Å²) in [7, 11) is 0. The zero-order chi connectivity index (χ0) is 14.4. The maximum atomic E-state index is 12.1. The molecule has 0 saturated carbocycles. The van der Waals surface area contributed by atoms with Crippen molar-refractivity contribution in [3.05, 3.63) is 0 Å². The van der Waals surface area contributed by atoms with Gasteiger partial charge in [-0.2, -0.15) is 11.8 Å². The predicted octanol–water partition coefficient (Wildman–Crippen LogP) is 2.44. The average Bonchev–Trinajstić information content (AvgIpc) is 2.82. The highest BCUT2D eigenvalue weighted by Gasteiger charge is 2.36. The zero-order valence-corrected chi connectivity index (χ0v) is 13.7. The second-order valence-electron chi connectivity index (χ2n) is 6.00. The Morgan fingerprint density at radius 2 is 2.20 bits per heavy atom. The number of rotatable bonds is 6. The molecule has 20 heavy (non-hydrogen) atoms. The van der Waals surface area contributed by atoms with Gasteiger partial charge in [0, 0.05) is 24.7 Å². The summed E-state index contributed by atoms with van der Waals surface area (Å²) in [5, 5.41) is 6.28. The van der Waals surface area contributed by atoms with Crippen LogP contribution < -0.4 is 10.6 Å². The van der Waals surface area contributed by atoms with Crippen LogP contribution in [-0.4, -0.2) is 53.7 Å². The first kappa shape index (κ1) is 16.0. The highest BCUT2D eigenvalue weighted by Crippen LogP contribution is 2.26. The Kier molecular flexibility index (Phi) is 6.49. The number of carbonyl (C=O) groups excluding carboxylic acids is 1. The van der Waals surface area contributed by atoms with E-state index >= 15 is 0 Å². The molecule has 0 aromatic heterocycles. The molecule has 2 aliphatic heterocycles. The van der Waals surface area contributed by atoms with E-state index in [4.69, 9.17) is 0 Å². The molecule has 2 N–H and O–H groups in total. The summed E-state index contributed by atoms with van der Waals surface area (Å²) in [5.74, 6) is 2.27. The summed E-state index contributed by atoms with van der Waals surface area (Å²) in [6, 6.07) is 1.22. The number of fused-ring (bicyclic) bond motifs is 1. The van der Waals surface area contributed by atoms with Crippen molar-refractivity contribution < 1.29 is 4.79 Å². The van der Waals surface area contributed by atoms with Gasteiger partial charge in [0.05, 0.1) is 0 Å². The van der Waals surface area contributed by atoms with Crippen LogP contribution in [0.15, 0.2) is 0 Å². The Labute approximate surface area is 127 Å². The van der Waals surface area contributed by atoms with Crippen molar-refractivity contribution in [3.8, 4) is 0 Å². The first-order chi connectivity index (χ1) is 9.70. The highest BCUT2D eigenvalue weighted by molar-refractivity contribution is 7.99. The second kappa shape index (κ2) is 8.13. The SMILES string of the molecule is CCSCCC(C)NC(=O)NC1CCN2CCCCC12. The van der Waals surface area contributed by atoms with Crippen molar-refractivity contribution in [2.75, 3.05) is 24.6 Å². The van der Waals surface area contributed by atoms with Crippen LogP contribution in [0.3, 0.4) is 0 Å². The van der Waals surface area contributed by atoms with E-state index < -0.39 is 0 Å². The number of thioether (sulfide) groups is 1. The smallest absolute Gasteiger partial charge is 0.315 e. The third kappa shape index (κ3) is 4.55. The third-order valence-corrected chi connectivity index (χ3v) is 5.38. The molecule has 5 heteroatoms. The van der Waals surface area contributed by atoms with Gasteiger partial charge in [0.2, 0.25) is 0 Å². The summed E-state index contributed by atoms with van der Waals surface area (Å²) in [5.41, 5.74) is 0. The monoisotopic (exact) mass is 299 g/mol. The van der Waals surface area contributed by atoms with E-state index in [1.54, 1.807) is 0 Å². The molecule has 3 unspecified atom stereocenters. The highest BCUT2D eigenvalue weighted by atomic mass is 32.2. The van der Waals surface area contributed by atoms with Gasteiger partial charge in [-0.05, 0) is 50.7 Å². The molecular formula is C15H29N3OS. The van der Waals surface area contributed by atoms with Crippen LogP contribution in [0.2, 0.25) is 0 Å². The van der Waals surface area contributed by atoms with Crippen molar-refractivity contribution in [2.45, 2.75) is 64.1 Å². The number of piperidine rings is 1. The maximum absolute atomic E-state index is 12.1. The average molecular weight is 299 g/mol. The van der Waals surface area contributed by atoms with Crippen molar-refractivity contribution in [3.63, 3.8) is 0 Å². The second-order valence-corrected chi connectivity index (χ2v) is 7.39. The molecule has 3 atom stereocenters. The molecule has 2 aliphatic rings. The standard InChI is InChI=1S/C15H29N3OS/c1-3-20-11-8-12(2)16-15(19)17-13-7-10-18-9-5-4-6-14(13)18/h12-14H,3-11H2,1-2H3,(H2,16,17,19). The van der Waals surface area contributed by atoms with Gasteiger partial charge < -0.3 is 10.6 Å². The molecule has 0 spiro atoms. The summed E-state index contributed by atoms with van der Waals surface area (Å²) < 4.78 is 0. The van der Waals surface area contributed by atoms with Crippen LogP contribution in [0.4, 0.5) is 4.79 Å². The summed E-state index contributed by atoms with van der Waals surface area (Å²) >= 11 is 1.93. The quantitative estimate of drug-likeness (QED) is 0.741. The van der Waals surface area contributed by atoms with Crippen LogP contribution in [0.5, 0.6) is 0 Å². The molecule has 2 rings (SSSR count). The minimum atomic E-state index is 0.0245. The van der Waals surface area contributed by atoms with Crippen LogP contribution in [-0.2, 0) is 0 Å². The minimum Gasteiger partial charge on any atom is -0.336 e. The summed E-state index contributed by atoms with van der Waals surface area (Å²) in [6.45, 7) is 6.64. The van der Waals surface area contributed by atoms with Gasteiger partial charge in [-0.25, -0.2) is 4.79 Å². The molecule has 0 aliphatic carbocycles. The van der Waals surface area contributed by atoms with E-state index in [9.17, 15) is 4.79 Å². The Balaban J connectivity index is 1.69. The third-order valence-electron chi connectivity index (χ3n) is 4.45. The molecule has 2 heterocycles.